The number of nitrogens with zero attached hydrogens (tertiary/aromatic N) is 1. The van der Waals surface area contributed by atoms with Crippen LogP contribution in [0.25, 0.3) is 0 Å². The summed E-state index contributed by atoms with van der Waals surface area (Å²) in [5.74, 6) is -0.0302. The Bertz CT molecular complexity index is 260. The first kappa shape index (κ1) is 11.9. The number of nitrogens with two attached hydrogens (primary N) is 1. The molecule has 0 aromatic heterocycles. The van der Waals surface area contributed by atoms with Gasteiger partial charge in [-0.1, -0.05) is 0 Å². The third-order valence-electron chi connectivity index (χ3n) is 3.51. The Labute approximate surface area is 97.6 Å². The highest BCUT2D eigenvalue weighted by Crippen LogP contribution is 2.29. The van der Waals surface area contributed by atoms with Crippen molar-refractivity contribution in [1.82, 2.24) is 10.2 Å². The van der Waals surface area contributed by atoms with E-state index in [4.69, 9.17) is 5.73 Å². The fourth-order valence-electron chi connectivity index (χ4n) is 2.22. The van der Waals surface area contributed by atoms with Crippen molar-refractivity contribution in [1.29, 1.82) is 0 Å². The highest BCUT2D eigenvalue weighted by atomic mass is 16.2. The van der Waals surface area contributed by atoms with Gasteiger partial charge in [-0.3, -0.25) is 4.79 Å². The molecule has 0 atom stereocenters. The Morgan fingerprint density at radius 1 is 1.25 bits per heavy atom. The summed E-state index contributed by atoms with van der Waals surface area (Å²) in [6, 6.07) is 1.17. The van der Waals surface area contributed by atoms with Crippen molar-refractivity contribution in [3.05, 3.63) is 0 Å². The normalized spacial score (nSPS) is 24.4. The molecule has 2 rings (SSSR count). The molecule has 16 heavy (non-hydrogen) atoms. The van der Waals surface area contributed by atoms with Gasteiger partial charge in [0.15, 0.2) is 0 Å². The van der Waals surface area contributed by atoms with Gasteiger partial charge >= 0.3 is 0 Å². The molecule has 0 bridgehead atoms. The van der Waals surface area contributed by atoms with Crippen LogP contribution in [0.2, 0.25) is 0 Å². The molecular weight excluding hydrogens is 202 g/mol. The van der Waals surface area contributed by atoms with E-state index >= 15 is 0 Å². The number of amides is 1. The molecule has 92 valence electrons. The minimum absolute atomic E-state index is 0.0302. The summed E-state index contributed by atoms with van der Waals surface area (Å²) in [5, 5.41) is 3.05. The average molecular weight is 225 g/mol. The lowest BCUT2D eigenvalue weighted by molar-refractivity contribution is -0.126. The number of rotatable bonds is 3. The largest absolute Gasteiger partial charge is 0.352 e. The Morgan fingerprint density at radius 2 is 1.81 bits per heavy atom. The summed E-state index contributed by atoms with van der Waals surface area (Å²) in [4.78, 5) is 14.3. The molecule has 0 aromatic rings. The summed E-state index contributed by atoms with van der Waals surface area (Å²) in [6.07, 6.45) is 4.87. The minimum Gasteiger partial charge on any atom is -0.352 e. The highest BCUT2D eigenvalue weighted by molar-refractivity contribution is 5.85. The number of hydrogen-bond acceptors (Lipinski definition) is 3. The van der Waals surface area contributed by atoms with Crippen LogP contribution < -0.4 is 11.1 Å². The summed E-state index contributed by atoms with van der Waals surface area (Å²) in [7, 11) is 0. The van der Waals surface area contributed by atoms with Gasteiger partial charge in [0.25, 0.3) is 0 Å². The first-order valence-corrected chi connectivity index (χ1v) is 6.31. The van der Waals surface area contributed by atoms with Crippen LogP contribution in [0.5, 0.6) is 0 Å². The van der Waals surface area contributed by atoms with E-state index in [-0.39, 0.29) is 5.91 Å². The second-order valence-corrected chi connectivity index (χ2v) is 5.74. The monoisotopic (exact) mass is 225 g/mol. The number of hydrogen-bond donors (Lipinski definition) is 2. The van der Waals surface area contributed by atoms with Gasteiger partial charge in [0, 0.05) is 25.2 Å². The fraction of sp³-hybridized carbons (Fsp3) is 0.917. The molecule has 2 aliphatic rings. The molecule has 4 heteroatoms. The first-order chi connectivity index (χ1) is 7.47. The zero-order valence-corrected chi connectivity index (χ0v) is 10.3. The van der Waals surface area contributed by atoms with Crippen molar-refractivity contribution in [2.24, 2.45) is 5.73 Å². The number of carbonyl (C=O) groups excluding carboxylic acids is 1. The molecule has 1 amide bonds. The van der Waals surface area contributed by atoms with Crippen molar-refractivity contribution < 1.29 is 4.79 Å². The van der Waals surface area contributed by atoms with E-state index in [0.717, 1.165) is 32.0 Å². The number of carbonyl (C=O) groups is 1. The average Bonchev–Trinajstić information content (AvgIpc) is 3.01. The zero-order chi connectivity index (χ0) is 11.8. The van der Waals surface area contributed by atoms with Crippen molar-refractivity contribution >= 4 is 5.91 Å². The molecule has 3 N–H and O–H groups in total. The van der Waals surface area contributed by atoms with E-state index in [1.165, 1.54) is 12.8 Å². The van der Waals surface area contributed by atoms with Gasteiger partial charge < -0.3 is 16.0 Å². The predicted octanol–water partition coefficient (Wildman–Crippen LogP) is 0.467. The molecule has 1 aliphatic heterocycles. The topological polar surface area (TPSA) is 58.4 Å². The molecule has 1 aliphatic carbocycles. The molecule has 4 nitrogen and oxygen atoms in total. The SMILES string of the molecule is CC(C)(N)C(=O)NC1CCN(C2CC2)CC1. The maximum atomic E-state index is 11.7. The van der Waals surface area contributed by atoms with E-state index in [1.807, 2.05) is 0 Å². The Kier molecular flexibility index (Phi) is 3.22. The quantitative estimate of drug-likeness (QED) is 0.734. The molecule has 0 spiro atoms. The van der Waals surface area contributed by atoms with Gasteiger partial charge in [-0.15, -0.1) is 0 Å². The van der Waals surface area contributed by atoms with E-state index in [0.29, 0.717) is 6.04 Å². The van der Waals surface area contributed by atoms with Gasteiger partial charge in [0.2, 0.25) is 5.91 Å². The minimum atomic E-state index is -0.756. The van der Waals surface area contributed by atoms with Crippen LogP contribution in [-0.2, 0) is 4.79 Å². The molecule has 0 unspecified atom stereocenters. The lowest BCUT2D eigenvalue weighted by Crippen LogP contribution is -2.54. The summed E-state index contributed by atoms with van der Waals surface area (Å²) in [6.45, 7) is 5.75. The van der Waals surface area contributed by atoms with Crippen molar-refractivity contribution in [3.8, 4) is 0 Å². The predicted molar refractivity (Wildman–Crippen MR) is 64.0 cm³/mol. The number of likely N-dealkylation sites (tertiary alicyclic amines) is 1. The van der Waals surface area contributed by atoms with E-state index in [9.17, 15) is 4.79 Å². The van der Waals surface area contributed by atoms with Crippen LogP contribution in [-0.4, -0.2) is 41.5 Å². The Hall–Kier alpha value is -0.610. The zero-order valence-electron chi connectivity index (χ0n) is 10.3. The van der Waals surface area contributed by atoms with Crippen LogP contribution in [0.15, 0.2) is 0 Å². The fourth-order valence-corrected chi connectivity index (χ4v) is 2.22. The van der Waals surface area contributed by atoms with Gasteiger partial charge in [0.05, 0.1) is 5.54 Å². The second-order valence-electron chi connectivity index (χ2n) is 5.74. The molecule has 1 saturated carbocycles. The number of piperidine rings is 1. The van der Waals surface area contributed by atoms with Crippen molar-refractivity contribution in [2.45, 2.75) is 57.2 Å². The van der Waals surface area contributed by atoms with Gasteiger partial charge in [-0.05, 0) is 39.5 Å². The smallest absolute Gasteiger partial charge is 0.239 e. The number of nitrogens with one attached hydrogen (secondary N) is 1. The van der Waals surface area contributed by atoms with Gasteiger partial charge in [0.1, 0.15) is 0 Å². The highest BCUT2D eigenvalue weighted by Gasteiger charge is 2.33. The van der Waals surface area contributed by atoms with Crippen LogP contribution >= 0.6 is 0 Å². The van der Waals surface area contributed by atoms with E-state index < -0.39 is 5.54 Å². The Morgan fingerprint density at radius 3 is 2.25 bits per heavy atom. The lowest BCUT2D eigenvalue weighted by atomic mass is 10.0. The van der Waals surface area contributed by atoms with E-state index in [1.54, 1.807) is 13.8 Å². The van der Waals surface area contributed by atoms with Crippen LogP contribution in [0, 0.1) is 0 Å². The molecule has 1 heterocycles. The maximum Gasteiger partial charge on any atom is 0.239 e. The van der Waals surface area contributed by atoms with Crippen molar-refractivity contribution in [2.75, 3.05) is 13.1 Å². The molecule has 2 fully saturated rings. The maximum absolute atomic E-state index is 11.7. The molecule has 1 saturated heterocycles. The summed E-state index contributed by atoms with van der Waals surface area (Å²) >= 11 is 0. The van der Waals surface area contributed by atoms with Crippen molar-refractivity contribution in [3.63, 3.8) is 0 Å². The summed E-state index contributed by atoms with van der Waals surface area (Å²) in [5.41, 5.74) is 5.00. The van der Waals surface area contributed by atoms with Crippen LogP contribution in [0.4, 0.5) is 0 Å². The third kappa shape index (κ3) is 2.95. The lowest BCUT2D eigenvalue weighted by Gasteiger charge is -2.33. The van der Waals surface area contributed by atoms with Gasteiger partial charge in [-0.25, -0.2) is 0 Å². The molecule has 0 aromatic carbocycles. The first-order valence-electron chi connectivity index (χ1n) is 6.31. The van der Waals surface area contributed by atoms with Crippen LogP contribution in [0.3, 0.4) is 0 Å². The third-order valence-corrected chi connectivity index (χ3v) is 3.51. The van der Waals surface area contributed by atoms with Gasteiger partial charge in [-0.2, -0.15) is 0 Å². The Balaban J connectivity index is 1.74. The summed E-state index contributed by atoms with van der Waals surface area (Å²) < 4.78 is 0. The molecular formula is C12H23N3O. The standard InChI is InChI=1S/C12H23N3O/c1-12(2,13)11(16)14-9-5-7-15(8-6-9)10-3-4-10/h9-10H,3-8,13H2,1-2H3,(H,14,16). The van der Waals surface area contributed by atoms with E-state index in [2.05, 4.69) is 10.2 Å². The van der Waals surface area contributed by atoms with Crippen LogP contribution in [0.1, 0.15) is 39.5 Å². The molecule has 0 radical (unpaired) electrons. The second kappa shape index (κ2) is 4.34.